The molecule has 3 aromatic carbocycles. The first-order valence-electron chi connectivity index (χ1n) is 9.23. The lowest BCUT2D eigenvalue weighted by atomic mass is 10.0. The third-order valence-electron chi connectivity index (χ3n) is 4.47. The summed E-state index contributed by atoms with van der Waals surface area (Å²) in [4.78, 5) is 20.9. The molecule has 0 aliphatic carbocycles. The molecular weight excluding hydrogens is 362 g/mol. The third-order valence-corrected chi connectivity index (χ3v) is 4.47. The predicted molar refractivity (Wildman–Crippen MR) is 113 cm³/mol. The lowest BCUT2D eigenvalue weighted by molar-refractivity contribution is -0.115. The second-order valence-corrected chi connectivity index (χ2v) is 6.63. The monoisotopic (exact) mass is 381 g/mol. The lowest BCUT2D eigenvalue weighted by Crippen LogP contribution is -2.14. The minimum atomic E-state index is -0.133. The summed E-state index contributed by atoms with van der Waals surface area (Å²) in [6.07, 6.45) is 3.38. The quantitative estimate of drug-likeness (QED) is 0.526. The van der Waals surface area contributed by atoms with Crippen LogP contribution in [0.25, 0.3) is 22.5 Å². The van der Waals surface area contributed by atoms with Crippen molar-refractivity contribution in [1.82, 2.24) is 9.97 Å². The highest BCUT2D eigenvalue weighted by molar-refractivity contribution is 5.92. The number of aromatic nitrogens is 2. The van der Waals surface area contributed by atoms with Gasteiger partial charge in [0.05, 0.1) is 24.5 Å². The van der Waals surface area contributed by atoms with Crippen molar-refractivity contribution in [2.45, 2.75) is 6.42 Å². The van der Waals surface area contributed by atoms with Gasteiger partial charge in [0.1, 0.15) is 5.75 Å². The van der Waals surface area contributed by atoms with E-state index in [4.69, 9.17) is 0 Å². The molecule has 5 heteroatoms. The maximum atomic E-state index is 12.3. The number of hydrogen-bond acceptors (Lipinski definition) is 4. The number of hydrogen-bond donors (Lipinski definition) is 2. The highest BCUT2D eigenvalue weighted by Gasteiger charge is 2.07. The Morgan fingerprint density at radius 3 is 2.14 bits per heavy atom. The van der Waals surface area contributed by atoms with Gasteiger partial charge in [-0.2, -0.15) is 0 Å². The van der Waals surface area contributed by atoms with Crippen LogP contribution < -0.4 is 5.32 Å². The number of phenolic OH excluding ortho intramolecular Hbond substituents is 1. The van der Waals surface area contributed by atoms with Gasteiger partial charge in [0, 0.05) is 5.56 Å². The molecule has 0 fully saturated rings. The van der Waals surface area contributed by atoms with Gasteiger partial charge in [-0.05, 0) is 28.8 Å². The fourth-order valence-corrected chi connectivity index (χ4v) is 3.02. The molecule has 0 aliphatic heterocycles. The molecule has 0 radical (unpaired) electrons. The maximum Gasteiger partial charge on any atom is 0.228 e. The molecule has 0 atom stereocenters. The highest BCUT2D eigenvalue weighted by atomic mass is 16.3. The van der Waals surface area contributed by atoms with Gasteiger partial charge in [-0.3, -0.25) is 4.79 Å². The Labute approximate surface area is 168 Å². The molecule has 0 aliphatic rings. The van der Waals surface area contributed by atoms with E-state index in [0.717, 1.165) is 16.7 Å². The highest BCUT2D eigenvalue weighted by Crippen LogP contribution is 2.21. The number of phenols is 1. The van der Waals surface area contributed by atoms with Crippen LogP contribution in [0, 0.1) is 0 Å². The predicted octanol–water partition coefficient (Wildman–Crippen LogP) is 4.70. The van der Waals surface area contributed by atoms with Crippen LogP contribution in [0.3, 0.4) is 0 Å². The number of nitrogens with zero attached hydrogens (tertiary/aromatic N) is 2. The largest absolute Gasteiger partial charge is 0.508 e. The molecule has 1 heterocycles. The Kier molecular flexibility index (Phi) is 5.29. The molecule has 0 saturated heterocycles. The van der Waals surface area contributed by atoms with Crippen LogP contribution >= 0.6 is 0 Å². The van der Waals surface area contributed by atoms with Crippen LogP contribution in [0.1, 0.15) is 5.56 Å². The molecule has 0 spiro atoms. The van der Waals surface area contributed by atoms with Crippen molar-refractivity contribution in [3.05, 3.63) is 96.8 Å². The van der Waals surface area contributed by atoms with E-state index in [2.05, 4.69) is 27.4 Å². The topological polar surface area (TPSA) is 75.1 Å². The first-order valence-corrected chi connectivity index (χ1v) is 9.23. The van der Waals surface area contributed by atoms with Crippen molar-refractivity contribution >= 4 is 11.6 Å². The smallest absolute Gasteiger partial charge is 0.228 e. The second kappa shape index (κ2) is 8.35. The Hall–Kier alpha value is -3.99. The summed E-state index contributed by atoms with van der Waals surface area (Å²) in [5.74, 6) is 0.503. The lowest BCUT2D eigenvalue weighted by Gasteiger charge is -2.07. The third kappa shape index (κ3) is 4.65. The molecule has 5 nitrogen and oxygen atoms in total. The van der Waals surface area contributed by atoms with Crippen LogP contribution in [0.5, 0.6) is 5.75 Å². The van der Waals surface area contributed by atoms with E-state index < -0.39 is 0 Å². The second-order valence-electron chi connectivity index (χ2n) is 6.63. The summed E-state index contributed by atoms with van der Waals surface area (Å²) in [7, 11) is 0. The molecule has 2 N–H and O–H groups in total. The molecule has 4 rings (SSSR count). The van der Waals surface area contributed by atoms with Gasteiger partial charge in [-0.25, -0.2) is 9.97 Å². The number of aromatic hydroxyl groups is 1. The Bertz CT molecular complexity index is 1110. The van der Waals surface area contributed by atoms with E-state index in [9.17, 15) is 9.90 Å². The van der Waals surface area contributed by atoms with Crippen molar-refractivity contribution in [3.63, 3.8) is 0 Å². The number of anilines is 1. The van der Waals surface area contributed by atoms with Gasteiger partial charge in [-0.1, -0.05) is 66.7 Å². The number of carbonyl (C=O) groups excluding carboxylic acids is 1. The van der Waals surface area contributed by atoms with E-state index in [0.29, 0.717) is 17.1 Å². The number of amides is 1. The first kappa shape index (κ1) is 18.4. The van der Waals surface area contributed by atoms with Crippen molar-refractivity contribution in [2.75, 3.05) is 5.32 Å². The summed E-state index contributed by atoms with van der Waals surface area (Å²) in [5, 5.41) is 12.4. The van der Waals surface area contributed by atoms with Crippen molar-refractivity contribution in [1.29, 1.82) is 0 Å². The summed E-state index contributed by atoms with van der Waals surface area (Å²) < 4.78 is 0. The SMILES string of the molecule is O=C(Cc1ccc(-c2ccccc2)cc1)Nc1cnc(-c2cccc(O)c2)nc1. The van der Waals surface area contributed by atoms with E-state index >= 15 is 0 Å². The molecular formula is C24H19N3O2. The number of rotatable bonds is 5. The fourth-order valence-electron chi connectivity index (χ4n) is 3.02. The molecule has 142 valence electrons. The zero-order chi connectivity index (χ0) is 20.1. The normalized spacial score (nSPS) is 10.5. The van der Waals surface area contributed by atoms with E-state index in [1.165, 1.54) is 0 Å². The number of carbonyl (C=O) groups is 1. The average Bonchev–Trinajstić information content (AvgIpc) is 2.75. The Morgan fingerprint density at radius 1 is 0.793 bits per heavy atom. The summed E-state index contributed by atoms with van der Waals surface area (Å²) in [5.41, 5.74) is 4.43. The zero-order valence-corrected chi connectivity index (χ0v) is 15.6. The van der Waals surface area contributed by atoms with Crippen molar-refractivity contribution in [3.8, 4) is 28.3 Å². The van der Waals surface area contributed by atoms with Crippen molar-refractivity contribution in [2.24, 2.45) is 0 Å². The molecule has 0 unspecified atom stereocenters. The Morgan fingerprint density at radius 2 is 1.45 bits per heavy atom. The molecule has 0 bridgehead atoms. The van der Waals surface area contributed by atoms with Crippen LogP contribution in [0.2, 0.25) is 0 Å². The zero-order valence-electron chi connectivity index (χ0n) is 15.6. The number of benzene rings is 3. The maximum absolute atomic E-state index is 12.3. The van der Waals surface area contributed by atoms with E-state index in [1.54, 1.807) is 30.6 Å². The standard InChI is InChI=1S/C24H19N3O2/c28-22-8-4-7-20(14-22)24-25-15-21(16-26-24)27-23(29)13-17-9-11-19(12-10-17)18-5-2-1-3-6-18/h1-12,14-16,28H,13H2,(H,27,29). The fraction of sp³-hybridized carbons (Fsp3) is 0.0417. The number of nitrogens with one attached hydrogen (secondary N) is 1. The minimum absolute atomic E-state index is 0.133. The summed E-state index contributed by atoms with van der Waals surface area (Å²) >= 11 is 0. The van der Waals surface area contributed by atoms with Gasteiger partial charge < -0.3 is 10.4 Å². The summed E-state index contributed by atoms with van der Waals surface area (Å²) in [6.45, 7) is 0. The first-order chi connectivity index (χ1) is 14.2. The molecule has 0 saturated carbocycles. The van der Waals surface area contributed by atoms with Crippen molar-refractivity contribution < 1.29 is 9.90 Å². The van der Waals surface area contributed by atoms with E-state index in [1.807, 2.05) is 48.5 Å². The van der Waals surface area contributed by atoms with Gasteiger partial charge >= 0.3 is 0 Å². The summed E-state index contributed by atoms with van der Waals surface area (Å²) in [6, 6.07) is 24.8. The van der Waals surface area contributed by atoms with E-state index in [-0.39, 0.29) is 18.1 Å². The molecule has 4 aromatic rings. The van der Waals surface area contributed by atoms with Crippen LogP contribution in [-0.4, -0.2) is 21.0 Å². The van der Waals surface area contributed by atoms with Gasteiger partial charge in [0.2, 0.25) is 5.91 Å². The Balaban J connectivity index is 1.38. The van der Waals surface area contributed by atoms with Crippen LogP contribution in [0.4, 0.5) is 5.69 Å². The molecule has 29 heavy (non-hydrogen) atoms. The van der Waals surface area contributed by atoms with Gasteiger partial charge in [0.15, 0.2) is 5.82 Å². The van der Waals surface area contributed by atoms with Gasteiger partial charge in [0.25, 0.3) is 0 Å². The van der Waals surface area contributed by atoms with Gasteiger partial charge in [-0.15, -0.1) is 0 Å². The van der Waals surface area contributed by atoms with Crippen LogP contribution in [0.15, 0.2) is 91.3 Å². The minimum Gasteiger partial charge on any atom is -0.508 e. The van der Waals surface area contributed by atoms with Crippen LogP contribution in [-0.2, 0) is 11.2 Å². The molecule has 1 amide bonds. The average molecular weight is 381 g/mol. The molecule has 1 aromatic heterocycles.